The summed E-state index contributed by atoms with van der Waals surface area (Å²) < 4.78 is 5.40. The van der Waals surface area contributed by atoms with E-state index in [4.69, 9.17) is 9.84 Å². The fraction of sp³-hybridized carbons (Fsp3) is 0.833. The fourth-order valence-corrected chi connectivity index (χ4v) is 3.12. The minimum atomic E-state index is -0.860. The highest BCUT2D eigenvalue weighted by Gasteiger charge is 2.48. The molecule has 0 spiro atoms. The van der Waals surface area contributed by atoms with Crippen molar-refractivity contribution in [1.82, 2.24) is 5.32 Å². The molecule has 102 valence electrons. The number of hydrogen-bond donors (Lipinski definition) is 2. The number of rotatable bonds is 5. The van der Waals surface area contributed by atoms with Crippen LogP contribution >= 0.6 is 11.8 Å². The molecule has 0 unspecified atom stereocenters. The number of carbonyl (C=O) groups excluding carboxylic acids is 1. The molecule has 2 atom stereocenters. The van der Waals surface area contributed by atoms with Gasteiger partial charge >= 0.3 is 5.97 Å². The third-order valence-corrected chi connectivity index (χ3v) is 5.28. The Hall–Kier alpha value is -0.750. The number of hydrogen-bond acceptors (Lipinski definition) is 4. The smallest absolute Gasteiger partial charge is 0.307 e. The molecule has 1 amide bonds. The highest BCUT2D eigenvalue weighted by Crippen LogP contribution is 2.39. The van der Waals surface area contributed by atoms with Crippen molar-refractivity contribution in [2.24, 2.45) is 11.8 Å². The van der Waals surface area contributed by atoms with Crippen LogP contribution in [0.25, 0.3) is 0 Å². The molecule has 1 aliphatic carbocycles. The van der Waals surface area contributed by atoms with Crippen LogP contribution in [0.4, 0.5) is 0 Å². The average molecular weight is 273 g/mol. The lowest BCUT2D eigenvalue weighted by atomic mass is 9.99. The van der Waals surface area contributed by atoms with Crippen molar-refractivity contribution in [2.45, 2.75) is 24.0 Å². The van der Waals surface area contributed by atoms with E-state index >= 15 is 0 Å². The molecule has 18 heavy (non-hydrogen) atoms. The van der Waals surface area contributed by atoms with Crippen molar-refractivity contribution in [3.8, 4) is 0 Å². The lowest BCUT2D eigenvalue weighted by molar-refractivity contribution is -0.140. The van der Waals surface area contributed by atoms with Crippen molar-refractivity contribution in [1.29, 1.82) is 0 Å². The predicted molar refractivity (Wildman–Crippen MR) is 68.5 cm³/mol. The van der Waals surface area contributed by atoms with Gasteiger partial charge in [0.05, 0.1) is 11.8 Å². The van der Waals surface area contributed by atoms with Crippen LogP contribution in [0, 0.1) is 11.8 Å². The molecule has 5 nitrogen and oxygen atoms in total. The summed E-state index contributed by atoms with van der Waals surface area (Å²) in [7, 11) is 0. The minimum absolute atomic E-state index is 0.0571. The highest BCUT2D eigenvalue weighted by atomic mass is 32.2. The zero-order valence-corrected chi connectivity index (χ0v) is 11.3. The quantitative estimate of drug-likeness (QED) is 0.772. The summed E-state index contributed by atoms with van der Waals surface area (Å²) in [5.74, 6) is -1.76. The van der Waals surface area contributed by atoms with Crippen molar-refractivity contribution in [2.75, 3.05) is 26.0 Å². The number of nitrogens with one attached hydrogen (secondary N) is 1. The van der Waals surface area contributed by atoms with Gasteiger partial charge in [-0.1, -0.05) is 0 Å². The average Bonchev–Trinajstić information content (AvgIpc) is 3.17. The van der Waals surface area contributed by atoms with Crippen LogP contribution in [-0.4, -0.2) is 47.7 Å². The maximum Gasteiger partial charge on any atom is 0.307 e. The Morgan fingerprint density at radius 3 is 2.56 bits per heavy atom. The van der Waals surface area contributed by atoms with E-state index in [0.717, 1.165) is 26.1 Å². The Bertz CT molecular complexity index is 341. The van der Waals surface area contributed by atoms with Crippen molar-refractivity contribution < 1.29 is 19.4 Å². The maximum atomic E-state index is 11.8. The van der Waals surface area contributed by atoms with Crippen molar-refractivity contribution in [3.05, 3.63) is 0 Å². The number of aliphatic carboxylic acids is 1. The first kappa shape index (κ1) is 13.7. The third-order valence-electron chi connectivity index (χ3n) is 3.87. The van der Waals surface area contributed by atoms with E-state index in [-0.39, 0.29) is 16.6 Å². The molecule has 0 bridgehead atoms. The zero-order valence-electron chi connectivity index (χ0n) is 10.5. The Balaban J connectivity index is 1.80. The molecule has 1 saturated heterocycles. The summed E-state index contributed by atoms with van der Waals surface area (Å²) in [6.07, 6.45) is 4.40. The molecule has 0 aromatic rings. The summed E-state index contributed by atoms with van der Waals surface area (Å²) in [6.45, 7) is 2.08. The largest absolute Gasteiger partial charge is 0.481 e. The zero-order chi connectivity index (χ0) is 13.2. The van der Waals surface area contributed by atoms with Gasteiger partial charge in [-0.05, 0) is 25.5 Å². The molecular formula is C12H19NO4S. The first-order valence-electron chi connectivity index (χ1n) is 6.21. The van der Waals surface area contributed by atoms with E-state index in [1.807, 2.05) is 0 Å². The number of amides is 1. The monoisotopic (exact) mass is 273 g/mol. The Labute approximate surface area is 111 Å². The van der Waals surface area contributed by atoms with Gasteiger partial charge in [-0.15, -0.1) is 0 Å². The number of ether oxygens (including phenoxy) is 1. The number of thioether (sulfide) groups is 1. The van der Waals surface area contributed by atoms with Crippen LogP contribution in [0.1, 0.15) is 19.3 Å². The molecule has 6 heteroatoms. The van der Waals surface area contributed by atoms with E-state index in [2.05, 4.69) is 11.6 Å². The second-order valence-corrected chi connectivity index (χ2v) is 6.28. The maximum absolute atomic E-state index is 11.8. The summed E-state index contributed by atoms with van der Waals surface area (Å²) in [5, 5.41) is 11.7. The van der Waals surface area contributed by atoms with Crippen molar-refractivity contribution in [3.63, 3.8) is 0 Å². The van der Waals surface area contributed by atoms with Gasteiger partial charge in [-0.3, -0.25) is 9.59 Å². The second-order valence-electron chi connectivity index (χ2n) is 5.00. The predicted octanol–water partition coefficient (Wildman–Crippen LogP) is 0.735. The number of carboxylic acid groups (broad SMARTS) is 1. The van der Waals surface area contributed by atoms with Crippen LogP contribution in [0.5, 0.6) is 0 Å². The van der Waals surface area contributed by atoms with Gasteiger partial charge in [0.15, 0.2) is 0 Å². The first-order valence-corrected chi connectivity index (χ1v) is 7.44. The Morgan fingerprint density at radius 1 is 1.39 bits per heavy atom. The van der Waals surface area contributed by atoms with E-state index in [1.54, 1.807) is 11.8 Å². The molecule has 2 N–H and O–H groups in total. The molecule has 1 heterocycles. The second kappa shape index (κ2) is 5.48. The number of carboxylic acids is 1. The van der Waals surface area contributed by atoms with E-state index in [1.165, 1.54) is 0 Å². The summed E-state index contributed by atoms with van der Waals surface area (Å²) in [6, 6.07) is 0. The standard InChI is InChI=1S/C12H19NO4S/c1-18-12(2-4-17-5-3-12)7-13-10(14)8-6-9(8)11(15)16/h8-9H,2-7H2,1H3,(H,13,14)(H,15,16)/t8-,9-/m1/s1. The molecule has 0 aromatic carbocycles. The van der Waals surface area contributed by atoms with Gasteiger partial charge in [0.1, 0.15) is 0 Å². The molecule has 2 rings (SSSR count). The number of carbonyl (C=O) groups is 2. The minimum Gasteiger partial charge on any atom is -0.481 e. The topological polar surface area (TPSA) is 75.6 Å². The summed E-state index contributed by atoms with van der Waals surface area (Å²) in [4.78, 5) is 22.5. The van der Waals surface area contributed by atoms with Gasteiger partial charge in [-0.25, -0.2) is 0 Å². The Morgan fingerprint density at radius 2 is 2.06 bits per heavy atom. The Kier molecular flexibility index (Phi) is 4.17. The van der Waals surface area contributed by atoms with Gasteiger partial charge < -0.3 is 15.2 Å². The van der Waals surface area contributed by atoms with Gasteiger partial charge in [0.2, 0.25) is 5.91 Å². The van der Waals surface area contributed by atoms with E-state index in [0.29, 0.717) is 13.0 Å². The van der Waals surface area contributed by atoms with Crippen LogP contribution in [0.2, 0.25) is 0 Å². The molecule has 1 aliphatic heterocycles. The van der Waals surface area contributed by atoms with E-state index in [9.17, 15) is 9.59 Å². The molecular weight excluding hydrogens is 254 g/mol. The molecule has 0 aromatic heterocycles. The molecule has 2 fully saturated rings. The fourth-order valence-electron chi connectivity index (χ4n) is 2.33. The molecule has 0 radical (unpaired) electrons. The van der Waals surface area contributed by atoms with Gasteiger partial charge in [0.25, 0.3) is 0 Å². The lowest BCUT2D eigenvalue weighted by Crippen LogP contribution is -2.44. The van der Waals surface area contributed by atoms with Crippen LogP contribution in [0.15, 0.2) is 0 Å². The van der Waals surface area contributed by atoms with Crippen molar-refractivity contribution >= 4 is 23.6 Å². The lowest BCUT2D eigenvalue weighted by Gasteiger charge is -2.35. The van der Waals surface area contributed by atoms with Crippen LogP contribution < -0.4 is 5.32 Å². The normalized spacial score (nSPS) is 29.6. The summed E-state index contributed by atoms with van der Waals surface area (Å²) in [5.41, 5.74) is 0. The summed E-state index contributed by atoms with van der Waals surface area (Å²) >= 11 is 1.76. The van der Waals surface area contributed by atoms with Crippen LogP contribution in [0.3, 0.4) is 0 Å². The van der Waals surface area contributed by atoms with Gasteiger partial charge in [0, 0.05) is 24.5 Å². The van der Waals surface area contributed by atoms with Gasteiger partial charge in [-0.2, -0.15) is 11.8 Å². The SMILES string of the molecule is CSC1(CNC(=O)[C@@H]2C[C@H]2C(=O)O)CCOCC1. The molecule has 2 aliphatic rings. The van der Waals surface area contributed by atoms with Crippen LogP contribution in [-0.2, 0) is 14.3 Å². The van der Waals surface area contributed by atoms with E-state index < -0.39 is 11.9 Å². The third kappa shape index (κ3) is 2.98. The first-order chi connectivity index (χ1) is 8.58. The highest BCUT2D eigenvalue weighted by molar-refractivity contribution is 8.00. The molecule has 1 saturated carbocycles.